The maximum absolute atomic E-state index is 12.0. The second-order valence-corrected chi connectivity index (χ2v) is 3.78. The summed E-state index contributed by atoms with van der Waals surface area (Å²) in [6, 6.07) is 1.96. The van der Waals surface area contributed by atoms with Gasteiger partial charge in [0, 0.05) is 18.8 Å². The lowest BCUT2D eigenvalue weighted by Gasteiger charge is -2.36. The summed E-state index contributed by atoms with van der Waals surface area (Å²) in [5.74, 6) is -0.0637. The molecule has 0 unspecified atom stereocenters. The van der Waals surface area contributed by atoms with Crippen LogP contribution in [0, 0.1) is 0 Å². The Morgan fingerprint density at radius 3 is 2.93 bits per heavy atom. The molecule has 1 aromatic heterocycles. The van der Waals surface area contributed by atoms with Crippen LogP contribution in [0.5, 0.6) is 0 Å². The summed E-state index contributed by atoms with van der Waals surface area (Å²) in [4.78, 5) is 13.7. The van der Waals surface area contributed by atoms with Gasteiger partial charge in [-0.3, -0.25) is 9.89 Å². The SMILES string of the molecule is O=C(c1ccn[nH]1)N(CCO)C1CCC1. The molecule has 2 N–H and O–H groups in total. The molecule has 0 radical (unpaired) electrons. The first kappa shape index (κ1) is 10.2. The van der Waals surface area contributed by atoms with Gasteiger partial charge in [0.05, 0.1) is 6.61 Å². The van der Waals surface area contributed by atoms with Crippen molar-refractivity contribution in [2.24, 2.45) is 0 Å². The number of carbonyl (C=O) groups excluding carboxylic acids is 1. The smallest absolute Gasteiger partial charge is 0.272 e. The Morgan fingerprint density at radius 2 is 2.47 bits per heavy atom. The normalized spacial score (nSPS) is 16.1. The zero-order valence-electron chi connectivity index (χ0n) is 8.52. The molecular weight excluding hydrogens is 194 g/mol. The van der Waals surface area contributed by atoms with E-state index in [0.717, 1.165) is 12.8 Å². The van der Waals surface area contributed by atoms with Crippen molar-refractivity contribution in [3.8, 4) is 0 Å². The van der Waals surface area contributed by atoms with E-state index in [4.69, 9.17) is 5.11 Å². The van der Waals surface area contributed by atoms with Gasteiger partial charge in [-0.2, -0.15) is 5.10 Å². The number of H-pyrrole nitrogens is 1. The van der Waals surface area contributed by atoms with Gasteiger partial charge in [0.1, 0.15) is 5.69 Å². The van der Waals surface area contributed by atoms with Crippen LogP contribution in [-0.4, -0.2) is 45.3 Å². The second kappa shape index (κ2) is 4.44. The molecule has 0 bridgehead atoms. The van der Waals surface area contributed by atoms with Gasteiger partial charge >= 0.3 is 0 Å². The number of hydrogen-bond acceptors (Lipinski definition) is 3. The number of carbonyl (C=O) groups is 1. The molecule has 2 rings (SSSR count). The summed E-state index contributed by atoms with van der Waals surface area (Å²) in [5.41, 5.74) is 0.496. The van der Waals surface area contributed by atoms with Gasteiger partial charge < -0.3 is 10.0 Å². The Morgan fingerprint density at radius 1 is 1.67 bits per heavy atom. The Bertz CT molecular complexity index is 319. The van der Waals surface area contributed by atoms with E-state index in [-0.39, 0.29) is 12.5 Å². The van der Waals surface area contributed by atoms with Crippen molar-refractivity contribution in [2.45, 2.75) is 25.3 Å². The van der Waals surface area contributed by atoms with E-state index >= 15 is 0 Å². The Balaban J connectivity index is 2.06. The molecule has 1 aliphatic carbocycles. The number of aromatic nitrogens is 2. The van der Waals surface area contributed by atoms with Crippen LogP contribution in [0.25, 0.3) is 0 Å². The fourth-order valence-electron chi connectivity index (χ4n) is 1.79. The molecule has 0 atom stereocenters. The fraction of sp³-hybridized carbons (Fsp3) is 0.600. The molecule has 0 saturated heterocycles. The molecule has 0 aromatic carbocycles. The monoisotopic (exact) mass is 209 g/mol. The molecule has 1 aromatic rings. The topological polar surface area (TPSA) is 69.2 Å². The second-order valence-electron chi connectivity index (χ2n) is 3.78. The number of rotatable bonds is 4. The van der Waals surface area contributed by atoms with Crippen molar-refractivity contribution in [3.63, 3.8) is 0 Å². The van der Waals surface area contributed by atoms with Crippen LogP contribution in [-0.2, 0) is 0 Å². The van der Waals surface area contributed by atoms with Crippen LogP contribution >= 0.6 is 0 Å². The highest BCUT2D eigenvalue weighted by atomic mass is 16.3. The van der Waals surface area contributed by atoms with Gasteiger partial charge in [0.15, 0.2) is 0 Å². The number of aromatic amines is 1. The highest BCUT2D eigenvalue weighted by Crippen LogP contribution is 2.25. The molecule has 5 heteroatoms. The van der Waals surface area contributed by atoms with Crippen molar-refractivity contribution in [2.75, 3.05) is 13.2 Å². The maximum atomic E-state index is 12.0. The fourth-order valence-corrected chi connectivity index (χ4v) is 1.79. The first-order valence-electron chi connectivity index (χ1n) is 5.24. The minimum atomic E-state index is -0.0637. The van der Waals surface area contributed by atoms with Crippen LogP contribution in [0.4, 0.5) is 0 Å². The zero-order chi connectivity index (χ0) is 10.7. The predicted molar refractivity (Wildman–Crippen MR) is 54.3 cm³/mol. The minimum Gasteiger partial charge on any atom is -0.395 e. The van der Waals surface area contributed by atoms with Crippen molar-refractivity contribution < 1.29 is 9.90 Å². The van der Waals surface area contributed by atoms with E-state index in [1.54, 1.807) is 17.2 Å². The number of amides is 1. The van der Waals surface area contributed by atoms with Crippen LogP contribution in [0.1, 0.15) is 29.8 Å². The van der Waals surface area contributed by atoms with Crippen molar-refractivity contribution in [1.29, 1.82) is 0 Å². The summed E-state index contributed by atoms with van der Waals surface area (Å²) in [6.07, 6.45) is 4.81. The predicted octanol–water partition coefficient (Wildman–Crippen LogP) is 0.397. The average Bonchev–Trinajstić information content (AvgIpc) is 2.66. The van der Waals surface area contributed by atoms with Crippen molar-refractivity contribution in [1.82, 2.24) is 15.1 Å². The lowest BCUT2D eigenvalue weighted by Crippen LogP contribution is -2.45. The van der Waals surface area contributed by atoms with E-state index in [9.17, 15) is 4.79 Å². The van der Waals surface area contributed by atoms with Crippen LogP contribution < -0.4 is 0 Å². The summed E-state index contributed by atoms with van der Waals surface area (Å²) < 4.78 is 0. The lowest BCUT2D eigenvalue weighted by atomic mass is 9.91. The molecule has 5 nitrogen and oxygen atoms in total. The van der Waals surface area contributed by atoms with Crippen LogP contribution in [0.2, 0.25) is 0 Å². The molecule has 1 amide bonds. The van der Waals surface area contributed by atoms with Gasteiger partial charge in [0.25, 0.3) is 5.91 Å². The highest BCUT2D eigenvalue weighted by molar-refractivity contribution is 5.92. The summed E-state index contributed by atoms with van der Waals surface area (Å²) in [7, 11) is 0. The standard InChI is InChI=1S/C10H15N3O2/c14-7-6-13(8-2-1-3-8)10(15)9-4-5-11-12-9/h4-5,8,14H,1-3,6-7H2,(H,11,12). The van der Waals surface area contributed by atoms with Gasteiger partial charge in [0.2, 0.25) is 0 Å². The van der Waals surface area contributed by atoms with Crippen LogP contribution in [0.15, 0.2) is 12.3 Å². The third kappa shape index (κ3) is 2.02. The van der Waals surface area contributed by atoms with Crippen LogP contribution in [0.3, 0.4) is 0 Å². The average molecular weight is 209 g/mol. The summed E-state index contributed by atoms with van der Waals surface area (Å²) in [5, 5.41) is 15.3. The summed E-state index contributed by atoms with van der Waals surface area (Å²) in [6.45, 7) is 0.416. The van der Waals surface area contributed by atoms with Gasteiger partial charge in [-0.25, -0.2) is 0 Å². The Labute approximate surface area is 88.1 Å². The van der Waals surface area contributed by atoms with E-state index in [2.05, 4.69) is 10.2 Å². The number of hydrogen-bond donors (Lipinski definition) is 2. The third-order valence-electron chi connectivity index (χ3n) is 2.85. The van der Waals surface area contributed by atoms with Gasteiger partial charge in [-0.1, -0.05) is 0 Å². The zero-order valence-corrected chi connectivity index (χ0v) is 8.52. The Kier molecular flexibility index (Phi) is 3.01. The minimum absolute atomic E-state index is 0.0103. The maximum Gasteiger partial charge on any atom is 0.272 e. The first-order chi connectivity index (χ1) is 7.33. The van der Waals surface area contributed by atoms with E-state index in [0.29, 0.717) is 18.3 Å². The quantitative estimate of drug-likeness (QED) is 0.754. The molecular formula is C10H15N3O2. The first-order valence-corrected chi connectivity index (χ1v) is 5.24. The summed E-state index contributed by atoms with van der Waals surface area (Å²) >= 11 is 0. The largest absolute Gasteiger partial charge is 0.395 e. The number of aliphatic hydroxyl groups excluding tert-OH is 1. The number of nitrogens with one attached hydrogen (secondary N) is 1. The van der Waals surface area contributed by atoms with E-state index in [1.165, 1.54) is 6.42 Å². The third-order valence-corrected chi connectivity index (χ3v) is 2.85. The molecule has 1 fully saturated rings. The molecule has 0 spiro atoms. The van der Waals surface area contributed by atoms with E-state index < -0.39 is 0 Å². The van der Waals surface area contributed by atoms with Crippen molar-refractivity contribution >= 4 is 5.91 Å². The molecule has 0 aliphatic heterocycles. The molecule has 15 heavy (non-hydrogen) atoms. The van der Waals surface area contributed by atoms with Crippen molar-refractivity contribution in [3.05, 3.63) is 18.0 Å². The lowest BCUT2D eigenvalue weighted by molar-refractivity contribution is 0.0520. The molecule has 1 saturated carbocycles. The van der Waals surface area contributed by atoms with Gasteiger partial charge in [-0.15, -0.1) is 0 Å². The number of nitrogens with zero attached hydrogens (tertiary/aromatic N) is 2. The van der Waals surface area contributed by atoms with Gasteiger partial charge in [-0.05, 0) is 25.3 Å². The molecule has 82 valence electrons. The Hall–Kier alpha value is -1.36. The highest BCUT2D eigenvalue weighted by Gasteiger charge is 2.29. The molecule has 1 aliphatic rings. The molecule has 1 heterocycles. The number of aliphatic hydroxyl groups is 1. The van der Waals surface area contributed by atoms with E-state index in [1.807, 2.05) is 0 Å².